The van der Waals surface area contributed by atoms with E-state index in [-0.39, 0.29) is 45.9 Å². The van der Waals surface area contributed by atoms with Gasteiger partial charge in [0.15, 0.2) is 5.82 Å². The van der Waals surface area contributed by atoms with Gasteiger partial charge in [0.05, 0.1) is 33.9 Å². The topological polar surface area (TPSA) is 121 Å². The maximum atomic E-state index is 15.3. The Balaban J connectivity index is 1.33. The highest BCUT2D eigenvalue weighted by Crippen LogP contribution is 2.65. The van der Waals surface area contributed by atoms with Crippen molar-refractivity contribution in [2.45, 2.75) is 42.2 Å². The standard InChI is InChI=1S/C33H28ClF6N7O3S2/c1-46-29-18(4-5-22(34)26(29)32(44-46)45-52(3,49)50)19-10-17(51-2)12-41-27(19)23(8-14-6-15(35)9-16(36)7-14)42-24(48)13-47-30-25(28(43-47)31(37)38)20-11-21(20)33(30,39)40/h4-7,9-10,12,20-21,23,28,31H,8,11,13H2,1-3H3,(H-,42,44,45,48)/p+1/t20-,21+,23-,28?/m0/s1. The number of thioether (sulfide) groups is 1. The Hall–Kier alpha value is -4.16. The van der Waals surface area contributed by atoms with Crippen LogP contribution in [0.15, 0.2) is 63.9 Å². The van der Waals surface area contributed by atoms with Crippen LogP contribution in [0.25, 0.3) is 22.0 Å². The number of aryl methyl sites for hydroxylation is 1. The smallest absolute Gasteiger partial charge is 0.335 e. The number of halogens is 7. The largest absolute Gasteiger partial charge is 0.342 e. The number of anilines is 1. The van der Waals surface area contributed by atoms with Crippen LogP contribution in [0.3, 0.4) is 0 Å². The van der Waals surface area contributed by atoms with Crippen molar-refractivity contribution in [3.8, 4) is 11.1 Å². The SMILES string of the molecule is CSc1cnc([C@H](Cc2cc(F)cc(F)c2)NC(=O)C[N+]2=NC(C(F)F)C3=C2C(F)(F)[C@@H]2C[C@H]32)c(-c2ccc(Cl)c3c(NS(C)(=O)=O)nn(C)c23)c1. The first-order chi connectivity index (χ1) is 24.5. The van der Waals surface area contributed by atoms with E-state index in [0.29, 0.717) is 32.3 Å². The summed E-state index contributed by atoms with van der Waals surface area (Å²) in [6, 6.07) is 4.73. The Kier molecular flexibility index (Phi) is 9.09. The van der Waals surface area contributed by atoms with Crippen molar-refractivity contribution in [2.75, 3.05) is 23.8 Å². The zero-order valence-electron chi connectivity index (χ0n) is 27.5. The average molecular weight is 785 g/mol. The molecule has 2 aromatic carbocycles. The van der Waals surface area contributed by atoms with E-state index in [4.69, 9.17) is 11.6 Å². The summed E-state index contributed by atoms with van der Waals surface area (Å²) in [5, 5.41) is 11.3. The highest BCUT2D eigenvalue weighted by atomic mass is 35.5. The van der Waals surface area contributed by atoms with Gasteiger partial charge in [-0.1, -0.05) is 22.4 Å². The van der Waals surface area contributed by atoms with E-state index in [1.807, 2.05) is 0 Å². The van der Waals surface area contributed by atoms with Crippen molar-refractivity contribution in [1.29, 1.82) is 0 Å². The zero-order chi connectivity index (χ0) is 37.4. The van der Waals surface area contributed by atoms with Gasteiger partial charge in [0.1, 0.15) is 11.6 Å². The lowest BCUT2D eigenvalue weighted by Crippen LogP contribution is -2.38. The number of aromatic nitrogens is 3. The molecule has 10 nitrogen and oxygen atoms in total. The number of fused-ring (bicyclic) bond motifs is 3. The molecule has 0 spiro atoms. The van der Waals surface area contributed by atoms with Crippen LogP contribution in [0.4, 0.5) is 32.2 Å². The second kappa shape index (κ2) is 13.1. The van der Waals surface area contributed by atoms with Crippen molar-refractivity contribution in [3.63, 3.8) is 0 Å². The number of nitrogens with one attached hydrogen (secondary N) is 2. The molecule has 7 rings (SSSR count). The quantitative estimate of drug-likeness (QED) is 0.0992. The Labute approximate surface area is 302 Å². The number of pyridine rings is 1. The van der Waals surface area contributed by atoms with Crippen LogP contribution in [0.1, 0.15) is 23.7 Å². The van der Waals surface area contributed by atoms with Crippen molar-refractivity contribution in [2.24, 2.45) is 24.0 Å². The summed E-state index contributed by atoms with van der Waals surface area (Å²) in [7, 11) is -2.22. The van der Waals surface area contributed by atoms with Gasteiger partial charge in [-0.3, -0.25) is 19.2 Å². The van der Waals surface area contributed by atoms with Gasteiger partial charge in [-0.25, -0.2) is 26.0 Å². The molecule has 4 atom stereocenters. The van der Waals surface area contributed by atoms with Gasteiger partial charge < -0.3 is 5.32 Å². The number of benzene rings is 2. The fourth-order valence-corrected chi connectivity index (χ4v) is 8.33. The molecular weight excluding hydrogens is 756 g/mol. The Morgan fingerprint density at radius 1 is 1.15 bits per heavy atom. The number of hydrogen-bond acceptors (Lipinski definition) is 7. The molecule has 0 saturated heterocycles. The fraction of sp³-hybridized carbons (Fsp3) is 0.364. The fourth-order valence-electron chi connectivity index (χ4n) is 7.20. The summed E-state index contributed by atoms with van der Waals surface area (Å²) in [6.07, 6.45) is 1.03. The number of sulfonamides is 1. The number of rotatable bonds is 11. The van der Waals surface area contributed by atoms with Crippen LogP contribution in [0, 0.1) is 23.5 Å². The second-order valence-corrected chi connectivity index (χ2v) is 15.9. The number of hydrogen-bond donors (Lipinski definition) is 2. The van der Waals surface area contributed by atoms with Crippen LogP contribution in [-0.4, -0.2) is 71.2 Å². The molecule has 1 unspecified atom stereocenters. The molecule has 2 aromatic heterocycles. The molecule has 2 aliphatic carbocycles. The summed E-state index contributed by atoms with van der Waals surface area (Å²) in [6.45, 7) is -0.837. The van der Waals surface area contributed by atoms with E-state index in [1.54, 1.807) is 25.4 Å². The lowest BCUT2D eigenvalue weighted by atomic mass is 9.94. The molecule has 1 aliphatic heterocycles. The van der Waals surface area contributed by atoms with Crippen LogP contribution in [0.5, 0.6) is 0 Å². The first-order valence-electron chi connectivity index (χ1n) is 15.8. The lowest BCUT2D eigenvalue weighted by molar-refractivity contribution is -0.548. The molecule has 0 radical (unpaired) electrons. The van der Waals surface area contributed by atoms with Crippen molar-refractivity contribution in [3.05, 3.63) is 81.8 Å². The number of nitrogens with zero attached hydrogens (tertiary/aromatic N) is 5. The van der Waals surface area contributed by atoms with E-state index in [9.17, 15) is 30.8 Å². The molecule has 3 aliphatic rings. The molecule has 19 heteroatoms. The van der Waals surface area contributed by atoms with E-state index in [1.165, 1.54) is 28.7 Å². The molecule has 274 valence electrons. The summed E-state index contributed by atoms with van der Waals surface area (Å²) < 4.78 is 116. The molecule has 3 heterocycles. The van der Waals surface area contributed by atoms with Crippen molar-refractivity contribution >= 4 is 56.0 Å². The molecular formula is C33H29ClF6N7O3S2+. The van der Waals surface area contributed by atoms with Gasteiger partial charge >= 0.3 is 5.92 Å². The number of azo groups is 2. The van der Waals surface area contributed by atoms with Crippen LogP contribution in [-0.2, 0) is 28.3 Å². The second-order valence-electron chi connectivity index (χ2n) is 12.9. The number of alkyl halides is 4. The minimum atomic E-state index is -3.78. The summed E-state index contributed by atoms with van der Waals surface area (Å²) in [5.41, 5.74) is 0.662. The number of amides is 1. The van der Waals surface area contributed by atoms with E-state index in [2.05, 4.69) is 25.2 Å². The Bertz CT molecular complexity index is 2320. The summed E-state index contributed by atoms with van der Waals surface area (Å²) in [5.74, 6) is -8.01. The maximum absolute atomic E-state index is 15.3. The third-order valence-electron chi connectivity index (χ3n) is 9.28. The van der Waals surface area contributed by atoms with E-state index < -0.39 is 76.1 Å². The van der Waals surface area contributed by atoms with Gasteiger partial charge in [-0.05, 0) is 60.0 Å². The van der Waals surface area contributed by atoms with Crippen molar-refractivity contribution < 1.29 is 44.3 Å². The normalized spacial score (nSPS) is 21.0. The van der Waals surface area contributed by atoms with Gasteiger partial charge in [0.25, 0.3) is 24.6 Å². The maximum Gasteiger partial charge on any atom is 0.335 e. The summed E-state index contributed by atoms with van der Waals surface area (Å²) in [4.78, 5) is 19.1. The first kappa shape index (κ1) is 36.2. The molecule has 1 amide bonds. The highest BCUT2D eigenvalue weighted by Gasteiger charge is 2.74. The number of allylic oxidation sites excluding steroid dienone is 1. The lowest BCUT2D eigenvalue weighted by Gasteiger charge is -2.22. The molecule has 4 aromatic rings. The van der Waals surface area contributed by atoms with E-state index >= 15 is 8.78 Å². The third kappa shape index (κ3) is 6.53. The van der Waals surface area contributed by atoms with Crippen LogP contribution in [0.2, 0.25) is 5.02 Å². The number of carbonyl (C=O) groups is 1. The molecule has 52 heavy (non-hydrogen) atoms. The Morgan fingerprint density at radius 2 is 1.87 bits per heavy atom. The summed E-state index contributed by atoms with van der Waals surface area (Å²) >= 11 is 7.89. The monoisotopic (exact) mass is 784 g/mol. The van der Waals surface area contributed by atoms with Crippen LogP contribution < -0.4 is 10.0 Å². The minimum Gasteiger partial charge on any atom is -0.342 e. The zero-order valence-corrected chi connectivity index (χ0v) is 29.9. The third-order valence-corrected chi connectivity index (χ3v) is 10.9. The van der Waals surface area contributed by atoms with Crippen LogP contribution >= 0.6 is 23.4 Å². The minimum absolute atomic E-state index is 0.0473. The molecule has 2 N–H and O–H groups in total. The first-order valence-corrected chi connectivity index (χ1v) is 19.3. The van der Waals surface area contributed by atoms with Gasteiger partial charge in [-0.2, -0.15) is 13.9 Å². The predicted molar refractivity (Wildman–Crippen MR) is 181 cm³/mol. The van der Waals surface area contributed by atoms with Gasteiger partial charge in [0, 0.05) is 46.8 Å². The number of carbonyl (C=O) groups excluding carboxylic acids is 1. The van der Waals surface area contributed by atoms with Gasteiger partial charge in [0.2, 0.25) is 16.1 Å². The highest BCUT2D eigenvalue weighted by molar-refractivity contribution is 7.98. The molecule has 0 bridgehead atoms. The van der Waals surface area contributed by atoms with Gasteiger partial charge in [-0.15, -0.1) is 11.8 Å². The predicted octanol–water partition coefficient (Wildman–Crippen LogP) is 6.71. The van der Waals surface area contributed by atoms with Crippen molar-refractivity contribution in [1.82, 2.24) is 20.1 Å². The average Bonchev–Trinajstić information content (AvgIpc) is 3.59. The van der Waals surface area contributed by atoms with E-state index in [0.717, 1.165) is 18.4 Å². The Morgan fingerprint density at radius 3 is 2.52 bits per heavy atom. The molecule has 1 saturated carbocycles. The molecule has 1 fully saturated rings.